The van der Waals surface area contributed by atoms with Gasteiger partial charge in [-0.2, -0.15) is 0 Å². The zero-order valence-electron chi connectivity index (χ0n) is 14.1. The maximum atomic E-state index is 12.1. The molecule has 5 heteroatoms. The van der Waals surface area contributed by atoms with E-state index in [-0.39, 0.29) is 5.91 Å². The predicted octanol–water partition coefficient (Wildman–Crippen LogP) is 2.03. The van der Waals surface area contributed by atoms with Gasteiger partial charge in [0.05, 0.1) is 12.1 Å². The molecule has 23 heavy (non-hydrogen) atoms. The third-order valence-electron chi connectivity index (χ3n) is 4.56. The Balaban J connectivity index is 1.47. The minimum Gasteiger partial charge on any atom is -0.354 e. The molecule has 0 spiro atoms. The number of piperidine rings is 1. The summed E-state index contributed by atoms with van der Waals surface area (Å²) in [5.41, 5.74) is 2.87. The molecule has 0 unspecified atom stereocenters. The summed E-state index contributed by atoms with van der Waals surface area (Å²) in [4.78, 5) is 19.1. The highest BCUT2D eigenvalue weighted by Gasteiger charge is 2.16. The monoisotopic (exact) mass is 314 g/mol. The van der Waals surface area contributed by atoms with Crippen LogP contribution in [0, 0.1) is 12.8 Å². The van der Waals surface area contributed by atoms with E-state index in [0.29, 0.717) is 6.42 Å². The highest BCUT2D eigenvalue weighted by atomic mass is 16.1. The molecule has 124 valence electrons. The van der Waals surface area contributed by atoms with Crippen molar-refractivity contribution in [1.29, 1.82) is 0 Å². The number of carbonyl (C=O) groups excluding carboxylic acids is 1. The van der Waals surface area contributed by atoms with Crippen LogP contribution in [0.4, 0.5) is 0 Å². The van der Waals surface area contributed by atoms with E-state index in [1.807, 2.05) is 35.9 Å². The molecule has 1 N–H and O–H groups in total. The van der Waals surface area contributed by atoms with Gasteiger partial charge < -0.3 is 14.6 Å². The molecule has 3 heterocycles. The van der Waals surface area contributed by atoms with Crippen LogP contribution in [-0.2, 0) is 11.2 Å². The quantitative estimate of drug-likeness (QED) is 0.919. The van der Waals surface area contributed by atoms with E-state index in [1.165, 1.54) is 12.8 Å². The van der Waals surface area contributed by atoms with Crippen molar-refractivity contribution >= 4 is 11.6 Å². The second-order valence-electron chi connectivity index (χ2n) is 6.73. The van der Waals surface area contributed by atoms with Crippen molar-refractivity contribution in [3.8, 4) is 0 Å². The van der Waals surface area contributed by atoms with Crippen LogP contribution in [0.2, 0.25) is 0 Å². The SMILES string of the molecule is Cc1cccn2cc(CC(=O)NCCN3CCC[C@H](C)C3)nc12. The van der Waals surface area contributed by atoms with Crippen LogP contribution in [-0.4, -0.2) is 46.4 Å². The van der Waals surface area contributed by atoms with Gasteiger partial charge in [0.2, 0.25) is 5.91 Å². The van der Waals surface area contributed by atoms with Gasteiger partial charge in [-0.15, -0.1) is 0 Å². The summed E-state index contributed by atoms with van der Waals surface area (Å²) in [7, 11) is 0. The number of imidazole rings is 1. The van der Waals surface area contributed by atoms with Crippen molar-refractivity contribution in [1.82, 2.24) is 19.6 Å². The number of amides is 1. The van der Waals surface area contributed by atoms with E-state index >= 15 is 0 Å². The number of hydrogen-bond donors (Lipinski definition) is 1. The van der Waals surface area contributed by atoms with Gasteiger partial charge >= 0.3 is 0 Å². The number of nitrogens with one attached hydrogen (secondary N) is 1. The minimum absolute atomic E-state index is 0.0520. The summed E-state index contributed by atoms with van der Waals surface area (Å²) >= 11 is 0. The van der Waals surface area contributed by atoms with Crippen LogP contribution in [0.25, 0.3) is 5.65 Å². The van der Waals surface area contributed by atoms with Gasteiger partial charge in [0.25, 0.3) is 0 Å². The average Bonchev–Trinajstić information content (AvgIpc) is 2.91. The Bertz CT molecular complexity index is 679. The van der Waals surface area contributed by atoms with Crippen molar-refractivity contribution in [3.63, 3.8) is 0 Å². The summed E-state index contributed by atoms with van der Waals surface area (Å²) in [6.45, 7) is 8.31. The van der Waals surface area contributed by atoms with Crippen LogP contribution in [0.15, 0.2) is 24.5 Å². The standard InChI is InChI=1S/C18H26N4O/c1-14-5-3-8-21(12-14)10-7-19-17(23)11-16-13-22-9-4-6-15(2)18(22)20-16/h4,6,9,13-14H,3,5,7-8,10-12H2,1-2H3,(H,19,23)/t14-/m0/s1. The van der Waals surface area contributed by atoms with Gasteiger partial charge in [-0.05, 0) is 43.9 Å². The van der Waals surface area contributed by atoms with Crippen LogP contribution >= 0.6 is 0 Å². The Morgan fingerprint density at radius 2 is 2.35 bits per heavy atom. The predicted molar refractivity (Wildman–Crippen MR) is 91.5 cm³/mol. The van der Waals surface area contributed by atoms with Gasteiger partial charge in [0.1, 0.15) is 5.65 Å². The molecule has 1 saturated heterocycles. The molecule has 1 atom stereocenters. The summed E-state index contributed by atoms with van der Waals surface area (Å²) in [5, 5.41) is 3.02. The molecule has 3 rings (SSSR count). The molecule has 1 aliphatic rings. The van der Waals surface area contributed by atoms with E-state index in [0.717, 1.165) is 49.0 Å². The lowest BCUT2D eigenvalue weighted by Crippen LogP contribution is -2.40. The number of carbonyl (C=O) groups is 1. The number of hydrogen-bond acceptors (Lipinski definition) is 3. The number of fused-ring (bicyclic) bond motifs is 1. The zero-order chi connectivity index (χ0) is 16.2. The van der Waals surface area contributed by atoms with E-state index in [9.17, 15) is 4.79 Å². The van der Waals surface area contributed by atoms with Crippen molar-refractivity contribution in [2.75, 3.05) is 26.2 Å². The highest BCUT2D eigenvalue weighted by Crippen LogP contribution is 2.14. The summed E-state index contributed by atoms with van der Waals surface area (Å²) in [6, 6.07) is 4.03. The number of nitrogens with zero attached hydrogens (tertiary/aromatic N) is 3. The first-order chi connectivity index (χ1) is 11.1. The summed E-state index contributed by atoms with van der Waals surface area (Å²) in [5.74, 6) is 0.830. The van der Waals surface area contributed by atoms with Gasteiger partial charge in [-0.25, -0.2) is 4.98 Å². The third kappa shape index (κ3) is 4.10. The molecule has 5 nitrogen and oxygen atoms in total. The fourth-order valence-corrected chi connectivity index (χ4v) is 3.36. The molecule has 1 aliphatic heterocycles. The van der Waals surface area contributed by atoms with Gasteiger partial charge in [0, 0.05) is 32.0 Å². The smallest absolute Gasteiger partial charge is 0.226 e. The highest BCUT2D eigenvalue weighted by molar-refractivity contribution is 5.78. The molecule has 0 saturated carbocycles. The maximum absolute atomic E-state index is 12.1. The second kappa shape index (κ2) is 7.13. The Labute approximate surface area is 137 Å². The number of likely N-dealkylation sites (tertiary alicyclic amines) is 1. The zero-order valence-corrected chi connectivity index (χ0v) is 14.1. The number of rotatable bonds is 5. The molecule has 2 aromatic heterocycles. The molecule has 0 aromatic carbocycles. The van der Waals surface area contributed by atoms with Gasteiger partial charge in [0.15, 0.2) is 0 Å². The van der Waals surface area contributed by atoms with E-state index in [4.69, 9.17) is 0 Å². The van der Waals surface area contributed by atoms with Crippen molar-refractivity contribution in [2.24, 2.45) is 5.92 Å². The normalized spacial score (nSPS) is 19.1. The first-order valence-electron chi connectivity index (χ1n) is 8.54. The molecule has 1 fully saturated rings. The number of aromatic nitrogens is 2. The van der Waals surface area contributed by atoms with Crippen LogP contribution in [0.5, 0.6) is 0 Å². The Morgan fingerprint density at radius 1 is 1.48 bits per heavy atom. The molecule has 0 bridgehead atoms. The second-order valence-corrected chi connectivity index (χ2v) is 6.73. The first kappa shape index (κ1) is 16.0. The fourth-order valence-electron chi connectivity index (χ4n) is 3.36. The molecule has 0 aliphatic carbocycles. The van der Waals surface area contributed by atoms with Gasteiger partial charge in [-0.1, -0.05) is 13.0 Å². The van der Waals surface area contributed by atoms with E-state index in [2.05, 4.69) is 22.1 Å². The number of aryl methyl sites for hydroxylation is 1. The Hall–Kier alpha value is -1.88. The first-order valence-corrected chi connectivity index (χ1v) is 8.54. The summed E-state index contributed by atoms with van der Waals surface area (Å²) in [6.07, 6.45) is 6.85. The van der Waals surface area contributed by atoms with Gasteiger partial charge in [-0.3, -0.25) is 4.79 Å². The molecular weight excluding hydrogens is 288 g/mol. The average molecular weight is 314 g/mol. The molecule has 2 aromatic rings. The minimum atomic E-state index is 0.0520. The van der Waals surface area contributed by atoms with Crippen molar-refractivity contribution in [2.45, 2.75) is 33.1 Å². The summed E-state index contributed by atoms with van der Waals surface area (Å²) < 4.78 is 1.98. The molecule has 0 radical (unpaired) electrons. The lowest BCUT2D eigenvalue weighted by molar-refractivity contribution is -0.120. The largest absolute Gasteiger partial charge is 0.354 e. The van der Waals surface area contributed by atoms with Crippen molar-refractivity contribution < 1.29 is 4.79 Å². The molecular formula is C18H26N4O. The molecule has 1 amide bonds. The van der Waals surface area contributed by atoms with E-state index in [1.54, 1.807) is 0 Å². The lowest BCUT2D eigenvalue weighted by atomic mass is 10.0. The maximum Gasteiger partial charge on any atom is 0.226 e. The van der Waals surface area contributed by atoms with Crippen LogP contribution in [0.3, 0.4) is 0 Å². The number of pyridine rings is 1. The third-order valence-corrected chi connectivity index (χ3v) is 4.56. The Morgan fingerprint density at radius 3 is 3.13 bits per heavy atom. The van der Waals surface area contributed by atoms with Crippen LogP contribution < -0.4 is 5.32 Å². The topological polar surface area (TPSA) is 49.6 Å². The van der Waals surface area contributed by atoms with Crippen LogP contribution in [0.1, 0.15) is 31.0 Å². The lowest BCUT2D eigenvalue weighted by Gasteiger charge is -2.30. The van der Waals surface area contributed by atoms with Crippen molar-refractivity contribution in [3.05, 3.63) is 35.8 Å². The van der Waals surface area contributed by atoms with E-state index < -0.39 is 0 Å². The Kier molecular flexibility index (Phi) is 4.96. The fraction of sp³-hybridized carbons (Fsp3) is 0.556.